The first-order valence-corrected chi connectivity index (χ1v) is 6.09. The van der Waals surface area contributed by atoms with Crippen molar-refractivity contribution in [1.82, 2.24) is 9.55 Å². The van der Waals surface area contributed by atoms with Crippen LogP contribution < -0.4 is 4.90 Å². The molecule has 0 bridgehead atoms. The summed E-state index contributed by atoms with van der Waals surface area (Å²) in [5.41, 5.74) is 2.95. The molecule has 2 aromatic rings. The van der Waals surface area contributed by atoms with E-state index in [0.29, 0.717) is 0 Å². The first-order chi connectivity index (χ1) is 8.78. The summed E-state index contributed by atoms with van der Waals surface area (Å²) in [4.78, 5) is 17.5. The molecule has 0 saturated heterocycles. The van der Waals surface area contributed by atoms with Crippen LogP contribution in [0, 0.1) is 6.92 Å². The quantitative estimate of drug-likeness (QED) is 0.755. The van der Waals surface area contributed by atoms with Gasteiger partial charge in [-0.3, -0.25) is 4.79 Å². The van der Waals surface area contributed by atoms with Crippen LogP contribution in [0.15, 0.2) is 30.6 Å². The average molecular weight is 241 g/mol. The lowest BCUT2D eigenvalue weighted by Gasteiger charge is -2.30. The number of aryl methyl sites for hydroxylation is 1. The minimum Gasteiger partial charge on any atom is -0.362 e. The molecule has 0 atom stereocenters. The molecule has 2 heterocycles. The first-order valence-electron chi connectivity index (χ1n) is 6.09. The maximum Gasteiger partial charge on any atom is 0.150 e. The molecule has 0 aliphatic carbocycles. The summed E-state index contributed by atoms with van der Waals surface area (Å²) < 4.78 is 2.18. The Morgan fingerprint density at radius 1 is 1.33 bits per heavy atom. The Labute approximate surface area is 106 Å². The van der Waals surface area contributed by atoms with Gasteiger partial charge in [0.05, 0.1) is 6.54 Å². The Morgan fingerprint density at radius 2 is 2.22 bits per heavy atom. The van der Waals surface area contributed by atoms with Crippen molar-refractivity contribution in [3.8, 4) is 0 Å². The third-order valence-electron chi connectivity index (χ3n) is 3.49. The van der Waals surface area contributed by atoms with Crippen molar-refractivity contribution >= 4 is 12.0 Å². The minimum atomic E-state index is 0.761. The number of hydrogen-bond donors (Lipinski definition) is 0. The van der Waals surface area contributed by atoms with E-state index >= 15 is 0 Å². The number of benzene rings is 1. The third-order valence-corrected chi connectivity index (χ3v) is 3.49. The topological polar surface area (TPSA) is 38.1 Å². The van der Waals surface area contributed by atoms with Crippen LogP contribution in [0.4, 0.5) is 5.69 Å². The van der Waals surface area contributed by atoms with Crippen molar-refractivity contribution in [2.75, 3.05) is 11.4 Å². The van der Waals surface area contributed by atoms with E-state index in [0.717, 1.165) is 48.6 Å². The second kappa shape index (κ2) is 4.29. The van der Waals surface area contributed by atoms with Gasteiger partial charge in [0, 0.05) is 36.7 Å². The lowest BCUT2D eigenvalue weighted by Crippen LogP contribution is -2.33. The molecule has 1 aliphatic heterocycles. The highest BCUT2D eigenvalue weighted by Gasteiger charge is 2.17. The van der Waals surface area contributed by atoms with E-state index in [9.17, 15) is 4.79 Å². The number of imidazole rings is 1. The summed E-state index contributed by atoms with van der Waals surface area (Å²) in [6.07, 6.45) is 4.77. The molecule has 1 aliphatic rings. The third kappa shape index (κ3) is 1.79. The summed E-state index contributed by atoms with van der Waals surface area (Å²) in [5, 5.41) is 0. The van der Waals surface area contributed by atoms with Crippen molar-refractivity contribution in [3.63, 3.8) is 0 Å². The van der Waals surface area contributed by atoms with E-state index < -0.39 is 0 Å². The van der Waals surface area contributed by atoms with Crippen LogP contribution in [0.2, 0.25) is 0 Å². The van der Waals surface area contributed by atoms with Gasteiger partial charge in [-0.25, -0.2) is 4.98 Å². The van der Waals surface area contributed by atoms with E-state index in [2.05, 4.69) is 20.5 Å². The fourth-order valence-corrected chi connectivity index (χ4v) is 2.38. The van der Waals surface area contributed by atoms with Gasteiger partial charge in [0.15, 0.2) is 0 Å². The lowest BCUT2D eigenvalue weighted by atomic mass is 10.1. The molecule has 1 aromatic heterocycles. The van der Waals surface area contributed by atoms with Gasteiger partial charge in [-0.1, -0.05) is 0 Å². The molecule has 0 N–H and O–H groups in total. The van der Waals surface area contributed by atoms with Crippen molar-refractivity contribution in [2.45, 2.75) is 20.0 Å². The molecular weight excluding hydrogens is 226 g/mol. The smallest absolute Gasteiger partial charge is 0.150 e. The van der Waals surface area contributed by atoms with Gasteiger partial charge in [-0.2, -0.15) is 0 Å². The first kappa shape index (κ1) is 11.0. The van der Waals surface area contributed by atoms with Crippen molar-refractivity contribution in [3.05, 3.63) is 47.5 Å². The number of nitrogens with zero attached hydrogens (tertiary/aromatic N) is 3. The molecule has 0 radical (unpaired) electrons. The maximum absolute atomic E-state index is 10.8. The normalized spacial score (nSPS) is 14.4. The number of carbonyl (C=O) groups is 1. The van der Waals surface area contributed by atoms with E-state index in [1.165, 1.54) is 0 Å². The number of fused-ring (bicyclic) bond motifs is 1. The van der Waals surface area contributed by atoms with Crippen LogP contribution in [0.1, 0.15) is 21.7 Å². The molecule has 0 amide bonds. The number of hydrogen-bond acceptors (Lipinski definition) is 3. The molecule has 4 heteroatoms. The monoisotopic (exact) mass is 241 g/mol. The zero-order valence-corrected chi connectivity index (χ0v) is 10.3. The highest BCUT2D eigenvalue weighted by atomic mass is 16.1. The summed E-state index contributed by atoms with van der Waals surface area (Å²) in [7, 11) is 0. The maximum atomic E-state index is 10.8. The second-order valence-corrected chi connectivity index (χ2v) is 4.62. The second-order valence-electron chi connectivity index (χ2n) is 4.62. The Balaban J connectivity index is 1.88. The van der Waals surface area contributed by atoms with Crippen LogP contribution in [-0.2, 0) is 13.1 Å². The molecule has 4 nitrogen and oxygen atoms in total. The van der Waals surface area contributed by atoms with Gasteiger partial charge in [-0.15, -0.1) is 0 Å². The fourth-order valence-electron chi connectivity index (χ4n) is 2.38. The van der Waals surface area contributed by atoms with Gasteiger partial charge >= 0.3 is 0 Å². The van der Waals surface area contributed by atoms with Gasteiger partial charge in [0.1, 0.15) is 12.1 Å². The predicted molar refractivity (Wildman–Crippen MR) is 69.8 cm³/mol. The highest BCUT2D eigenvalue weighted by molar-refractivity contribution is 5.78. The van der Waals surface area contributed by atoms with Crippen LogP contribution in [0.5, 0.6) is 0 Å². The molecule has 1 aromatic carbocycles. The summed E-state index contributed by atoms with van der Waals surface area (Å²) >= 11 is 0. The van der Waals surface area contributed by atoms with Crippen molar-refractivity contribution in [2.24, 2.45) is 0 Å². The zero-order chi connectivity index (χ0) is 12.5. The molecule has 0 unspecified atom stereocenters. The van der Waals surface area contributed by atoms with Gasteiger partial charge in [0.2, 0.25) is 0 Å². The number of rotatable bonds is 2. The van der Waals surface area contributed by atoms with E-state index in [1.54, 1.807) is 0 Å². The molecule has 0 spiro atoms. The molecule has 92 valence electrons. The lowest BCUT2D eigenvalue weighted by molar-refractivity contribution is 0.112. The van der Waals surface area contributed by atoms with Gasteiger partial charge in [-0.05, 0) is 30.7 Å². The molecule has 0 fully saturated rings. The SMILES string of the molecule is Cc1cc(N2CCn3ccnc3C2)ccc1C=O. The molecule has 3 rings (SSSR count). The Morgan fingerprint density at radius 3 is 3.00 bits per heavy atom. The van der Waals surface area contributed by atoms with Crippen molar-refractivity contribution < 1.29 is 4.79 Å². The highest BCUT2D eigenvalue weighted by Crippen LogP contribution is 2.22. The molecular formula is C14H15N3O. The van der Waals surface area contributed by atoms with Crippen LogP contribution in [0.3, 0.4) is 0 Å². The summed E-state index contributed by atoms with van der Waals surface area (Å²) in [6, 6.07) is 5.97. The number of aromatic nitrogens is 2. The van der Waals surface area contributed by atoms with E-state index in [1.807, 2.05) is 31.5 Å². The zero-order valence-electron chi connectivity index (χ0n) is 10.3. The van der Waals surface area contributed by atoms with Crippen molar-refractivity contribution in [1.29, 1.82) is 0 Å². The Hall–Kier alpha value is -2.10. The predicted octanol–water partition coefficient (Wildman–Crippen LogP) is 2.02. The number of carbonyl (C=O) groups excluding carboxylic acids is 1. The Kier molecular flexibility index (Phi) is 2.63. The molecule has 0 saturated carbocycles. The standard InChI is InChI=1S/C14H15N3O/c1-11-8-13(3-2-12(11)10-18)17-7-6-16-5-4-15-14(16)9-17/h2-5,8,10H,6-7,9H2,1H3. The summed E-state index contributed by atoms with van der Waals surface area (Å²) in [5.74, 6) is 1.10. The molecule has 18 heavy (non-hydrogen) atoms. The average Bonchev–Trinajstić information content (AvgIpc) is 2.85. The van der Waals surface area contributed by atoms with E-state index in [-0.39, 0.29) is 0 Å². The fraction of sp³-hybridized carbons (Fsp3) is 0.286. The van der Waals surface area contributed by atoms with Crippen LogP contribution >= 0.6 is 0 Å². The summed E-state index contributed by atoms with van der Waals surface area (Å²) in [6.45, 7) is 4.73. The van der Waals surface area contributed by atoms with Gasteiger partial charge in [0.25, 0.3) is 0 Å². The van der Waals surface area contributed by atoms with Gasteiger partial charge < -0.3 is 9.47 Å². The Bertz CT molecular complexity index is 588. The number of anilines is 1. The van der Waals surface area contributed by atoms with Crippen LogP contribution in [0.25, 0.3) is 0 Å². The number of aldehydes is 1. The minimum absolute atomic E-state index is 0.761. The largest absolute Gasteiger partial charge is 0.362 e. The van der Waals surface area contributed by atoms with Crippen LogP contribution in [-0.4, -0.2) is 22.4 Å². The van der Waals surface area contributed by atoms with E-state index in [4.69, 9.17) is 0 Å².